The van der Waals surface area contributed by atoms with E-state index in [0.29, 0.717) is 23.0 Å². The summed E-state index contributed by atoms with van der Waals surface area (Å²) in [5, 5.41) is 4.15. The third-order valence-corrected chi connectivity index (χ3v) is 4.11. The second-order valence-corrected chi connectivity index (χ2v) is 6.03. The summed E-state index contributed by atoms with van der Waals surface area (Å²) in [6, 6.07) is 5.58. The van der Waals surface area contributed by atoms with E-state index in [1.807, 2.05) is 26.0 Å². The van der Waals surface area contributed by atoms with Crippen molar-refractivity contribution in [1.29, 1.82) is 0 Å². The van der Waals surface area contributed by atoms with Gasteiger partial charge >= 0.3 is 0 Å². The molecule has 2 aromatic rings. The Balaban J connectivity index is 2.07. The summed E-state index contributed by atoms with van der Waals surface area (Å²) < 4.78 is 5.09. The normalized spacial score (nSPS) is 10.7. The Bertz CT molecular complexity index is 638. The van der Waals surface area contributed by atoms with E-state index in [2.05, 4.69) is 10.3 Å². The molecule has 0 unspecified atom stereocenters. The van der Waals surface area contributed by atoms with Gasteiger partial charge in [-0.1, -0.05) is 13.8 Å². The molecule has 0 aliphatic heterocycles. The van der Waals surface area contributed by atoms with Gasteiger partial charge in [-0.05, 0) is 17.7 Å². The van der Waals surface area contributed by atoms with Crippen LogP contribution >= 0.6 is 11.3 Å². The minimum atomic E-state index is -0.0525. The van der Waals surface area contributed by atoms with Crippen LogP contribution in [0.3, 0.4) is 0 Å². The lowest BCUT2D eigenvalue weighted by atomic mass is 10.1. The lowest BCUT2D eigenvalue weighted by Gasteiger charge is -2.05. The monoisotopic (exact) mass is 305 g/mol. The average molecular weight is 305 g/mol. The van der Waals surface area contributed by atoms with Crippen LogP contribution < -0.4 is 15.8 Å². The second kappa shape index (κ2) is 6.58. The summed E-state index contributed by atoms with van der Waals surface area (Å²) >= 11 is 1.39. The van der Waals surface area contributed by atoms with Crippen LogP contribution in [0.15, 0.2) is 24.4 Å². The number of carbonyl (C=O) groups excluding carboxylic acids is 1. The largest absolute Gasteiger partial charge is 0.481 e. The topological polar surface area (TPSA) is 77.2 Å². The first-order valence-electron chi connectivity index (χ1n) is 6.67. The summed E-state index contributed by atoms with van der Waals surface area (Å²) in [7, 11) is 1.59. The first kappa shape index (κ1) is 15.3. The molecule has 0 saturated heterocycles. The van der Waals surface area contributed by atoms with Gasteiger partial charge in [0, 0.05) is 24.7 Å². The van der Waals surface area contributed by atoms with Crippen molar-refractivity contribution in [3.05, 3.63) is 34.8 Å². The highest BCUT2D eigenvalue weighted by molar-refractivity contribution is 7.18. The molecule has 0 atom stereocenters. The second-order valence-electron chi connectivity index (χ2n) is 4.97. The predicted octanol–water partition coefficient (Wildman–Crippen LogP) is 3.18. The number of Topliss-reactive ketones (excluding diaryl/α,β-unsaturated/α-hetero) is 1. The zero-order valence-corrected chi connectivity index (χ0v) is 13.2. The third-order valence-electron chi connectivity index (χ3n) is 2.98. The molecule has 5 nitrogen and oxygen atoms in total. The molecule has 0 bridgehead atoms. The van der Waals surface area contributed by atoms with E-state index in [4.69, 9.17) is 10.5 Å². The van der Waals surface area contributed by atoms with E-state index in [9.17, 15) is 4.79 Å². The Hall–Kier alpha value is -2.08. The molecule has 0 radical (unpaired) electrons. The highest BCUT2D eigenvalue weighted by Crippen LogP contribution is 2.31. The summed E-state index contributed by atoms with van der Waals surface area (Å²) in [4.78, 5) is 16.7. The number of carbonyl (C=O) groups is 1. The van der Waals surface area contributed by atoms with Gasteiger partial charge in [-0.25, -0.2) is 4.98 Å². The summed E-state index contributed by atoms with van der Waals surface area (Å²) in [5.41, 5.74) is 7.50. The number of hydrogen-bond donors (Lipinski definition) is 2. The Morgan fingerprint density at radius 1 is 1.48 bits per heavy atom. The molecule has 3 N–H and O–H groups in total. The predicted molar refractivity (Wildman–Crippen MR) is 86.0 cm³/mol. The van der Waals surface area contributed by atoms with Crippen molar-refractivity contribution in [2.75, 3.05) is 18.2 Å². The van der Waals surface area contributed by atoms with E-state index >= 15 is 0 Å². The highest BCUT2D eigenvalue weighted by atomic mass is 32.1. The van der Waals surface area contributed by atoms with Crippen molar-refractivity contribution in [2.45, 2.75) is 20.4 Å². The molecule has 2 aromatic heterocycles. The van der Waals surface area contributed by atoms with E-state index in [0.717, 1.165) is 10.6 Å². The van der Waals surface area contributed by atoms with E-state index in [-0.39, 0.29) is 11.7 Å². The zero-order valence-electron chi connectivity index (χ0n) is 12.3. The number of pyridine rings is 1. The Morgan fingerprint density at radius 2 is 2.24 bits per heavy atom. The smallest absolute Gasteiger partial charge is 0.213 e. The van der Waals surface area contributed by atoms with Gasteiger partial charge in [0.15, 0.2) is 5.78 Å². The molecular formula is C15H19N3O2S. The molecule has 0 amide bonds. The Kier molecular flexibility index (Phi) is 4.80. The fraction of sp³-hybridized carbons (Fsp3) is 0.333. The lowest BCUT2D eigenvalue weighted by Crippen LogP contribution is -2.07. The summed E-state index contributed by atoms with van der Waals surface area (Å²) in [6.07, 6.45) is 1.70. The molecule has 0 spiro atoms. The van der Waals surface area contributed by atoms with Gasteiger partial charge in [0.25, 0.3) is 0 Å². The van der Waals surface area contributed by atoms with Crippen LogP contribution in [0.5, 0.6) is 5.88 Å². The maximum atomic E-state index is 12.0. The van der Waals surface area contributed by atoms with Crippen LogP contribution in [0.25, 0.3) is 0 Å². The molecule has 21 heavy (non-hydrogen) atoms. The van der Waals surface area contributed by atoms with E-state index in [1.54, 1.807) is 19.4 Å². The standard InChI is InChI=1S/C15H19N3O2S/c1-9(2)14(19)15-11(16)7-13(21-15)18-8-10-4-5-17-12(6-10)20-3/h4-7,9,18H,8,16H2,1-3H3. The third kappa shape index (κ3) is 3.72. The van der Waals surface area contributed by atoms with E-state index < -0.39 is 0 Å². The van der Waals surface area contributed by atoms with Crippen molar-refractivity contribution in [1.82, 2.24) is 4.98 Å². The van der Waals surface area contributed by atoms with Gasteiger partial charge in [-0.2, -0.15) is 0 Å². The Morgan fingerprint density at radius 3 is 2.90 bits per heavy atom. The molecule has 0 saturated carbocycles. The minimum absolute atomic E-state index is 0.0525. The van der Waals surface area contributed by atoms with Crippen LogP contribution in [0.2, 0.25) is 0 Å². The highest BCUT2D eigenvalue weighted by Gasteiger charge is 2.17. The van der Waals surface area contributed by atoms with Crippen LogP contribution in [-0.2, 0) is 6.54 Å². The Labute approximate surface area is 128 Å². The van der Waals surface area contributed by atoms with Crippen LogP contribution in [0.1, 0.15) is 29.1 Å². The molecular weight excluding hydrogens is 286 g/mol. The molecule has 0 aromatic carbocycles. The number of nitrogens with two attached hydrogens (primary N) is 1. The van der Waals surface area contributed by atoms with Gasteiger partial charge < -0.3 is 15.8 Å². The first-order chi connectivity index (χ1) is 10.0. The number of nitrogens with zero attached hydrogens (tertiary/aromatic N) is 1. The lowest BCUT2D eigenvalue weighted by molar-refractivity contribution is 0.0944. The summed E-state index contributed by atoms with van der Waals surface area (Å²) in [6.45, 7) is 4.36. The molecule has 0 aliphatic rings. The number of rotatable bonds is 6. The van der Waals surface area contributed by atoms with Gasteiger partial charge in [-0.15, -0.1) is 11.3 Å². The van der Waals surface area contributed by atoms with Crippen LogP contribution in [0.4, 0.5) is 10.7 Å². The molecule has 112 valence electrons. The maximum absolute atomic E-state index is 12.0. The average Bonchev–Trinajstić information content (AvgIpc) is 2.85. The fourth-order valence-corrected chi connectivity index (χ4v) is 2.87. The first-order valence-corrected chi connectivity index (χ1v) is 7.49. The van der Waals surface area contributed by atoms with Gasteiger partial charge in [0.1, 0.15) is 0 Å². The summed E-state index contributed by atoms with van der Waals surface area (Å²) in [5.74, 6) is 0.607. The fourth-order valence-electron chi connectivity index (χ4n) is 1.81. The van der Waals surface area contributed by atoms with Crippen molar-refractivity contribution in [2.24, 2.45) is 5.92 Å². The van der Waals surface area contributed by atoms with Crippen LogP contribution in [-0.4, -0.2) is 17.9 Å². The number of thiophene rings is 1. The molecule has 2 heterocycles. The molecule has 6 heteroatoms. The number of methoxy groups -OCH3 is 1. The van der Waals surface area contributed by atoms with Crippen molar-refractivity contribution in [3.8, 4) is 5.88 Å². The number of nitrogen functional groups attached to an aromatic ring is 1. The van der Waals surface area contributed by atoms with Gasteiger partial charge in [-0.3, -0.25) is 4.79 Å². The molecule has 2 rings (SSSR count). The molecule has 0 aliphatic carbocycles. The quantitative estimate of drug-likeness (QED) is 0.801. The SMILES string of the molecule is COc1cc(CNc2cc(N)c(C(=O)C(C)C)s2)ccn1. The van der Waals surface area contributed by atoms with Crippen LogP contribution in [0, 0.1) is 5.92 Å². The van der Waals surface area contributed by atoms with E-state index in [1.165, 1.54) is 11.3 Å². The van der Waals surface area contributed by atoms with Gasteiger partial charge in [0.05, 0.1) is 22.7 Å². The number of anilines is 2. The number of ketones is 1. The minimum Gasteiger partial charge on any atom is -0.481 e. The van der Waals surface area contributed by atoms with Crippen molar-refractivity contribution in [3.63, 3.8) is 0 Å². The van der Waals surface area contributed by atoms with Crippen molar-refractivity contribution < 1.29 is 9.53 Å². The zero-order chi connectivity index (χ0) is 15.4. The number of aromatic nitrogens is 1. The number of nitrogens with one attached hydrogen (secondary N) is 1. The van der Waals surface area contributed by atoms with Crippen molar-refractivity contribution >= 4 is 27.8 Å². The molecule has 0 fully saturated rings. The maximum Gasteiger partial charge on any atom is 0.213 e. The number of ether oxygens (including phenoxy) is 1. The van der Waals surface area contributed by atoms with Gasteiger partial charge in [0.2, 0.25) is 5.88 Å². The number of hydrogen-bond acceptors (Lipinski definition) is 6.